The van der Waals surface area contributed by atoms with Gasteiger partial charge in [-0.25, -0.2) is 0 Å². The van der Waals surface area contributed by atoms with Crippen molar-refractivity contribution in [3.05, 3.63) is 60.9 Å². The lowest BCUT2D eigenvalue weighted by Crippen LogP contribution is -2.08. The van der Waals surface area contributed by atoms with E-state index in [2.05, 4.69) is 82.4 Å². The van der Waals surface area contributed by atoms with Crippen molar-refractivity contribution in [3.63, 3.8) is 0 Å². The van der Waals surface area contributed by atoms with E-state index in [0.29, 0.717) is 5.92 Å². The van der Waals surface area contributed by atoms with Crippen molar-refractivity contribution in [2.45, 2.75) is 207 Å². The maximum atomic E-state index is 6.07. The summed E-state index contributed by atoms with van der Waals surface area (Å²) in [6.45, 7) is 10.0. The third kappa shape index (κ3) is 37.0. The molecule has 1 atom stereocenters. The molecule has 0 radical (unpaired) electrons. The minimum atomic E-state index is 0.628. The van der Waals surface area contributed by atoms with Gasteiger partial charge in [-0.05, 0) is 101 Å². The van der Waals surface area contributed by atoms with Gasteiger partial charge in [0.2, 0.25) is 0 Å². The monoisotopic (exact) mass is 639 g/mol. The molecule has 1 unspecified atom stereocenters. The maximum absolute atomic E-state index is 6.07. The molecule has 0 fully saturated rings. The molecule has 0 saturated carbocycles. The quantitative estimate of drug-likeness (QED) is 0.0377. The fraction of sp³-hybridized carbons (Fsp3) is 0.778. The van der Waals surface area contributed by atoms with Crippen LogP contribution in [0.15, 0.2) is 60.9 Å². The Kier molecular flexibility index (Phi) is 38.4. The molecule has 0 aliphatic carbocycles. The lowest BCUT2D eigenvalue weighted by molar-refractivity contribution is 0.175. The zero-order valence-electron chi connectivity index (χ0n) is 31.8. The van der Waals surface area contributed by atoms with Gasteiger partial charge in [0.25, 0.3) is 0 Å². The Bertz CT molecular complexity index is 663. The second kappa shape index (κ2) is 39.7. The largest absolute Gasteiger partial charge is 0.501 e. The average Bonchev–Trinajstić information content (AvgIpc) is 3.06. The van der Waals surface area contributed by atoms with Crippen LogP contribution in [0.3, 0.4) is 0 Å². The van der Waals surface area contributed by atoms with Gasteiger partial charge in [0.05, 0.1) is 12.9 Å². The number of hydrogen-bond acceptors (Lipinski definition) is 1. The van der Waals surface area contributed by atoms with Crippen LogP contribution in [0.25, 0.3) is 0 Å². The second-order valence-electron chi connectivity index (χ2n) is 14.0. The van der Waals surface area contributed by atoms with Crippen LogP contribution < -0.4 is 0 Å². The zero-order valence-corrected chi connectivity index (χ0v) is 31.8. The van der Waals surface area contributed by atoms with Crippen LogP contribution >= 0.6 is 0 Å². The van der Waals surface area contributed by atoms with Crippen LogP contribution in [0.2, 0.25) is 0 Å². The molecule has 0 amide bonds. The molecule has 0 N–H and O–H groups in total. The predicted molar refractivity (Wildman–Crippen MR) is 211 cm³/mol. The van der Waals surface area contributed by atoms with Crippen LogP contribution in [0.4, 0.5) is 0 Å². The van der Waals surface area contributed by atoms with E-state index >= 15 is 0 Å². The van der Waals surface area contributed by atoms with Crippen molar-refractivity contribution in [1.82, 2.24) is 0 Å². The van der Waals surface area contributed by atoms with E-state index < -0.39 is 0 Å². The normalized spacial score (nSPS) is 13.2. The average molecular weight is 639 g/mol. The summed E-state index contributed by atoms with van der Waals surface area (Å²) >= 11 is 0. The Hall–Kier alpha value is -1.50. The SMILES string of the molecule is CCCCC/C=C\C/C=C\CCCCCCCCC(CCCCCCCC/C=C\C/C=C\CCCCC)CO/C=C/C(C)CCC. The third-order valence-electron chi connectivity index (χ3n) is 9.21. The van der Waals surface area contributed by atoms with Crippen molar-refractivity contribution in [2.75, 3.05) is 6.61 Å². The molecule has 268 valence electrons. The fourth-order valence-electron chi connectivity index (χ4n) is 6.09. The standard InChI is InChI=1S/C45H82O/c1-5-8-10-12-14-16-18-20-22-24-26-28-30-32-34-36-39-45(43-46-42-41-44(4)38-7-3)40-37-35-33-31-29-27-25-23-21-19-17-15-13-11-9-6-2/h14-17,20-23,41-42,44-45H,5-13,18-19,24-40,43H2,1-4H3/b16-14-,17-15-,22-20-,23-21-,42-41+. The zero-order chi connectivity index (χ0) is 33.4. The highest BCUT2D eigenvalue weighted by Gasteiger charge is 2.09. The Labute approximate surface area is 290 Å². The smallest absolute Gasteiger partial charge is 0.0901 e. The van der Waals surface area contributed by atoms with Crippen molar-refractivity contribution in [3.8, 4) is 0 Å². The highest BCUT2D eigenvalue weighted by molar-refractivity contribution is 4.93. The lowest BCUT2D eigenvalue weighted by atomic mass is 9.94. The van der Waals surface area contributed by atoms with Gasteiger partial charge in [0.15, 0.2) is 0 Å². The first-order chi connectivity index (χ1) is 22.7. The molecule has 0 aromatic heterocycles. The third-order valence-corrected chi connectivity index (χ3v) is 9.21. The minimum Gasteiger partial charge on any atom is -0.501 e. The molecule has 0 saturated heterocycles. The molecule has 0 bridgehead atoms. The minimum absolute atomic E-state index is 0.628. The summed E-state index contributed by atoms with van der Waals surface area (Å²) < 4.78 is 6.07. The Morgan fingerprint density at radius 1 is 0.413 bits per heavy atom. The summed E-state index contributed by atoms with van der Waals surface area (Å²) in [7, 11) is 0. The topological polar surface area (TPSA) is 9.23 Å². The summed E-state index contributed by atoms with van der Waals surface area (Å²) in [5, 5.41) is 0. The summed E-state index contributed by atoms with van der Waals surface area (Å²) in [6.07, 6.45) is 60.2. The molecule has 0 aromatic rings. The summed E-state index contributed by atoms with van der Waals surface area (Å²) in [6, 6.07) is 0. The van der Waals surface area contributed by atoms with Gasteiger partial charge in [0, 0.05) is 0 Å². The number of unbranched alkanes of at least 4 members (excludes halogenated alkanes) is 18. The molecule has 0 spiro atoms. The first-order valence-corrected chi connectivity index (χ1v) is 20.6. The van der Waals surface area contributed by atoms with Crippen LogP contribution in [-0.2, 0) is 4.74 Å². The molecular weight excluding hydrogens is 556 g/mol. The van der Waals surface area contributed by atoms with E-state index in [0.717, 1.165) is 25.4 Å². The predicted octanol–water partition coefficient (Wildman–Crippen LogP) is 16.0. The van der Waals surface area contributed by atoms with E-state index in [1.54, 1.807) is 0 Å². The summed E-state index contributed by atoms with van der Waals surface area (Å²) in [4.78, 5) is 0. The molecule has 0 aliphatic heterocycles. The van der Waals surface area contributed by atoms with E-state index in [-0.39, 0.29) is 0 Å². The van der Waals surface area contributed by atoms with Crippen LogP contribution in [0.5, 0.6) is 0 Å². The summed E-state index contributed by atoms with van der Waals surface area (Å²) in [5.41, 5.74) is 0. The van der Waals surface area contributed by atoms with E-state index in [4.69, 9.17) is 4.74 Å². The Morgan fingerprint density at radius 3 is 1.22 bits per heavy atom. The first-order valence-electron chi connectivity index (χ1n) is 20.6. The number of allylic oxidation sites excluding steroid dienone is 9. The van der Waals surface area contributed by atoms with Gasteiger partial charge in [0.1, 0.15) is 0 Å². The number of ether oxygens (including phenoxy) is 1. The molecule has 0 rings (SSSR count). The van der Waals surface area contributed by atoms with Crippen LogP contribution in [-0.4, -0.2) is 6.61 Å². The van der Waals surface area contributed by atoms with Gasteiger partial charge in [-0.15, -0.1) is 0 Å². The highest BCUT2D eigenvalue weighted by Crippen LogP contribution is 2.20. The van der Waals surface area contributed by atoms with Gasteiger partial charge in [-0.3, -0.25) is 0 Å². The van der Waals surface area contributed by atoms with Crippen molar-refractivity contribution in [2.24, 2.45) is 11.8 Å². The molecule has 0 heterocycles. The van der Waals surface area contributed by atoms with Crippen molar-refractivity contribution >= 4 is 0 Å². The molecule has 0 aliphatic rings. The van der Waals surface area contributed by atoms with E-state index in [1.807, 2.05) is 6.26 Å². The molecular formula is C45H82O. The van der Waals surface area contributed by atoms with Gasteiger partial charge in [-0.2, -0.15) is 0 Å². The van der Waals surface area contributed by atoms with E-state index in [1.165, 1.54) is 167 Å². The fourth-order valence-corrected chi connectivity index (χ4v) is 6.09. The second-order valence-corrected chi connectivity index (χ2v) is 14.0. The van der Waals surface area contributed by atoms with Gasteiger partial charge in [-0.1, -0.05) is 173 Å². The number of hydrogen-bond donors (Lipinski definition) is 0. The maximum Gasteiger partial charge on any atom is 0.0901 e. The number of rotatable bonds is 36. The van der Waals surface area contributed by atoms with Gasteiger partial charge < -0.3 is 4.74 Å². The van der Waals surface area contributed by atoms with E-state index in [9.17, 15) is 0 Å². The highest BCUT2D eigenvalue weighted by atomic mass is 16.5. The first kappa shape index (κ1) is 44.5. The Morgan fingerprint density at radius 2 is 0.804 bits per heavy atom. The van der Waals surface area contributed by atoms with Crippen molar-refractivity contribution < 1.29 is 4.74 Å². The molecule has 1 heteroatoms. The molecule has 46 heavy (non-hydrogen) atoms. The van der Waals surface area contributed by atoms with Crippen LogP contribution in [0.1, 0.15) is 207 Å². The van der Waals surface area contributed by atoms with Gasteiger partial charge >= 0.3 is 0 Å². The lowest BCUT2D eigenvalue weighted by Gasteiger charge is -2.17. The van der Waals surface area contributed by atoms with Crippen molar-refractivity contribution in [1.29, 1.82) is 0 Å². The summed E-state index contributed by atoms with van der Waals surface area (Å²) in [5.74, 6) is 1.35. The Balaban J connectivity index is 3.99. The molecule has 0 aromatic carbocycles. The van der Waals surface area contributed by atoms with Crippen LogP contribution in [0, 0.1) is 11.8 Å². The molecule has 1 nitrogen and oxygen atoms in total.